The molecule has 0 aliphatic carbocycles. The minimum Gasteiger partial charge on any atom is -0.466 e. The van der Waals surface area contributed by atoms with Gasteiger partial charge in [-0.25, -0.2) is 4.79 Å². The van der Waals surface area contributed by atoms with Crippen LogP contribution in [0.5, 0.6) is 0 Å². The molecule has 0 bridgehead atoms. The Balaban J connectivity index is 2.18. The lowest BCUT2D eigenvalue weighted by molar-refractivity contribution is -0.144. The molecule has 0 spiro atoms. The van der Waals surface area contributed by atoms with Crippen molar-refractivity contribution >= 4 is 34.5 Å². The Hall–Kier alpha value is -1.11. The molecule has 110 valence electrons. The monoisotopic (exact) mass is 390 g/mol. The fraction of sp³-hybridized carbons (Fsp3) is 0.467. The zero-order valence-corrected chi connectivity index (χ0v) is 13.7. The van der Waals surface area contributed by atoms with Crippen molar-refractivity contribution in [2.24, 2.45) is 0 Å². The fourth-order valence-electron chi connectivity index (χ4n) is 1.48. The zero-order chi connectivity index (χ0) is 14.8. The van der Waals surface area contributed by atoms with E-state index in [1.807, 2.05) is 19.1 Å². The van der Waals surface area contributed by atoms with E-state index in [1.165, 1.54) is 0 Å². The van der Waals surface area contributed by atoms with Gasteiger partial charge in [-0.2, -0.15) is 0 Å². The van der Waals surface area contributed by atoms with Gasteiger partial charge in [0.2, 0.25) is 0 Å². The quantitative estimate of drug-likeness (QED) is 0.387. The molecule has 0 amide bonds. The van der Waals surface area contributed by atoms with Crippen molar-refractivity contribution < 1.29 is 19.1 Å². The summed E-state index contributed by atoms with van der Waals surface area (Å²) in [4.78, 5) is 23.0. The van der Waals surface area contributed by atoms with E-state index in [9.17, 15) is 9.59 Å². The molecule has 1 aromatic carbocycles. The van der Waals surface area contributed by atoms with E-state index >= 15 is 0 Å². The molecule has 1 rings (SSSR count). The first-order valence-electron chi connectivity index (χ1n) is 6.71. The molecule has 0 aromatic heterocycles. The second kappa shape index (κ2) is 9.74. The van der Waals surface area contributed by atoms with E-state index in [4.69, 9.17) is 9.47 Å². The summed E-state index contributed by atoms with van der Waals surface area (Å²) < 4.78 is 11.1. The second-order valence-corrected chi connectivity index (χ2v) is 5.57. The number of ether oxygens (including phenoxy) is 2. The largest absolute Gasteiger partial charge is 0.466 e. The number of carbonyl (C=O) groups is 2. The summed E-state index contributed by atoms with van der Waals surface area (Å²) in [5.74, 6) is -0.591. The summed E-state index contributed by atoms with van der Waals surface area (Å²) in [7, 11) is 0. The SMILES string of the molecule is CCCCOC(=O)CCCOC(=O)c1cccc(I)c1. The number of rotatable bonds is 8. The summed E-state index contributed by atoms with van der Waals surface area (Å²) in [6.07, 6.45) is 2.65. The van der Waals surface area contributed by atoms with Crippen molar-refractivity contribution in [2.45, 2.75) is 32.6 Å². The summed E-state index contributed by atoms with van der Waals surface area (Å²) in [5, 5.41) is 0. The maximum Gasteiger partial charge on any atom is 0.338 e. The molecule has 4 nitrogen and oxygen atoms in total. The zero-order valence-electron chi connectivity index (χ0n) is 11.6. The van der Waals surface area contributed by atoms with Gasteiger partial charge in [-0.15, -0.1) is 0 Å². The van der Waals surface area contributed by atoms with Crippen molar-refractivity contribution in [3.8, 4) is 0 Å². The Labute approximate surface area is 133 Å². The van der Waals surface area contributed by atoms with Crippen LogP contribution in [0.3, 0.4) is 0 Å². The van der Waals surface area contributed by atoms with E-state index in [0.717, 1.165) is 16.4 Å². The third kappa shape index (κ3) is 6.88. The molecule has 0 atom stereocenters. The van der Waals surface area contributed by atoms with Crippen LogP contribution in [0.25, 0.3) is 0 Å². The van der Waals surface area contributed by atoms with E-state index in [-0.39, 0.29) is 25.0 Å². The molecule has 0 radical (unpaired) electrons. The average molecular weight is 390 g/mol. The minimum absolute atomic E-state index is 0.229. The first-order chi connectivity index (χ1) is 9.63. The Morgan fingerprint density at radius 2 is 1.90 bits per heavy atom. The number of benzene rings is 1. The maximum absolute atomic E-state index is 11.7. The normalized spacial score (nSPS) is 10.1. The highest BCUT2D eigenvalue weighted by Crippen LogP contribution is 2.09. The molecule has 0 aliphatic rings. The number of carbonyl (C=O) groups excluding carboxylic acids is 2. The van der Waals surface area contributed by atoms with Crippen molar-refractivity contribution in [1.29, 1.82) is 0 Å². The smallest absolute Gasteiger partial charge is 0.338 e. The second-order valence-electron chi connectivity index (χ2n) is 4.32. The van der Waals surface area contributed by atoms with E-state index < -0.39 is 0 Å². The molecule has 0 aliphatic heterocycles. The van der Waals surface area contributed by atoms with Gasteiger partial charge in [0, 0.05) is 9.99 Å². The third-order valence-corrected chi connectivity index (χ3v) is 3.25. The van der Waals surface area contributed by atoms with Crippen LogP contribution in [0, 0.1) is 3.57 Å². The van der Waals surface area contributed by atoms with Crippen LogP contribution in [0.4, 0.5) is 0 Å². The summed E-state index contributed by atoms with van der Waals surface area (Å²) in [5.41, 5.74) is 0.530. The lowest BCUT2D eigenvalue weighted by Crippen LogP contribution is -2.10. The van der Waals surface area contributed by atoms with Gasteiger partial charge in [0.25, 0.3) is 0 Å². The average Bonchev–Trinajstić information content (AvgIpc) is 2.43. The van der Waals surface area contributed by atoms with Crippen molar-refractivity contribution in [2.75, 3.05) is 13.2 Å². The van der Waals surface area contributed by atoms with E-state index in [2.05, 4.69) is 22.6 Å². The van der Waals surface area contributed by atoms with Gasteiger partial charge in [0.05, 0.1) is 18.8 Å². The summed E-state index contributed by atoms with van der Waals surface area (Å²) in [6, 6.07) is 7.19. The Bertz CT molecular complexity index is 445. The first-order valence-corrected chi connectivity index (χ1v) is 7.79. The van der Waals surface area contributed by atoms with Crippen LogP contribution in [0.15, 0.2) is 24.3 Å². The molecule has 20 heavy (non-hydrogen) atoms. The minimum atomic E-state index is -0.358. The van der Waals surface area contributed by atoms with Gasteiger partial charge >= 0.3 is 11.9 Å². The van der Waals surface area contributed by atoms with Gasteiger partial charge in [-0.1, -0.05) is 19.4 Å². The van der Waals surface area contributed by atoms with Crippen LogP contribution >= 0.6 is 22.6 Å². The number of unbranched alkanes of at least 4 members (excludes halogenated alkanes) is 1. The number of hydrogen-bond donors (Lipinski definition) is 0. The van der Waals surface area contributed by atoms with Crippen molar-refractivity contribution in [3.05, 3.63) is 33.4 Å². The lowest BCUT2D eigenvalue weighted by Gasteiger charge is -2.06. The molecule has 0 saturated carbocycles. The highest BCUT2D eigenvalue weighted by atomic mass is 127. The van der Waals surface area contributed by atoms with Crippen LogP contribution in [0.1, 0.15) is 43.0 Å². The van der Waals surface area contributed by atoms with E-state index in [0.29, 0.717) is 18.6 Å². The Morgan fingerprint density at radius 1 is 1.15 bits per heavy atom. The molecule has 1 aromatic rings. The Kier molecular flexibility index (Phi) is 8.25. The maximum atomic E-state index is 11.7. The summed E-state index contributed by atoms with van der Waals surface area (Å²) >= 11 is 2.14. The summed E-state index contributed by atoms with van der Waals surface area (Å²) in [6.45, 7) is 2.74. The first kappa shape index (κ1) is 16.9. The van der Waals surface area contributed by atoms with Gasteiger partial charge in [0.1, 0.15) is 0 Å². The highest BCUT2D eigenvalue weighted by Gasteiger charge is 2.08. The van der Waals surface area contributed by atoms with Crippen molar-refractivity contribution in [3.63, 3.8) is 0 Å². The molecular weight excluding hydrogens is 371 g/mol. The predicted molar refractivity (Wildman–Crippen MR) is 84.5 cm³/mol. The van der Waals surface area contributed by atoms with Crippen molar-refractivity contribution in [1.82, 2.24) is 0 Å². The number of esters is 2. The molecule has 0 saturated heterocycles. The third-order valence-electron chi connectivity index (χ3n) is 2.58. The van der Waals surface area contributed by atoms with Crippen LogP contribution in [-0.4, -0.2) is 25.2 Å². The topological polar surface area (TPSA) is 52.6 Å². The lowest BCUT2D eigenvalue weighted by atomic mass is 10.2. The van der Waals surface area contributed by atoms with Gasteiger partial charge in [-0.05, 0) is 53.6 Å². The van der Waals surface area contributed by atoms with Gasteiger partial charge < -0.3 is 9.47 Å². The molecule has 0 N–H and O–H groups in total. The Morgan fingerprint density at radius 3 is 2.60 bits per heavy atom. The molecule has 5 heteroatoms. The number of halogens is 1. The number of hydrogen-bond acceptors (Lipinski definition) is 4. The van der Waals surface area contributed by atoms with E-state index in [1.54, 1.807) is 12.1 Å². The molecular formula is C15H19IO4. The standard InChI is InChI=1S/C15H19IO4/c1-2-3-9-19-14(17)8-5-10-20-15(18)12-6-4-7-13(16)11-12/h4,6-7,11H,2-3,5,8-10H2,1H3. The van der Waals surface area contributed by atoms with Gasteiger partial charge in [-0.3, -0.25) is 4.79 Å². The van der Waals surface area contributed by atoms with Crippen LogP contribution in [0.2, 0.25) is 0 Å². The molecule has 0 heterocycles. The van der Waals surface area contributed by atoms with Gasteiger partial charge in [0.15, 0.2) is 0 Å². The fourth-order valence-corrected chi connectivity index (χ4v) is 2.03. The predicted octanol–water partition coefficient (Wildman–Crippen LogP) is 3.57. The van der Waals surface area contributed by atoms with Crippen LogP contribution in [-0.2, 0) is 14.3 Å². The molecule has 0 fully saturated rings. The molecule has 0 unspecified atom stereocenters. The van der Waals surface area contributed by atoms with Crippen LogP contribution < -0.4 is 0 Å². The highest BCUT2D eigenvalue weighted by molar-refractivity contribution is 14.1.